The highest BCUT2D eigenvalue weighted by Gasteiger charge is 2.46. The van der Waals surface area contributed by atoms with Gasteiger partial charge in [0.1, 0.15) is 26.7 Å². The van der Waals surface area contributed by atoms with Gasteiger partial charge in [0.15, 0.2) is 23.7 Å². The highest BCUT2D eigenvalue weighted by molar-refractivity contribution is 7.64. The van der Waals surface area contributed by atoms with E-state index in [0.717, 1.165) is 11.1 Å². The summed E-state index contributed by atoms with van der Waals surface area (Å²) in [7, 11) is -2.00. The van der Waals surface area contributed by atoms with Crippen molar-refractivity contribution in [2.24, 2.45) is 0 Å². The Kier molecular flexibility index (Phi) is 8.28. The van der Waals surface area contributed by atoms with Crippen LogP contribution in [-0.2, 0) is 18.5 Å². The summed E-state index contributed by atoms with van der Waals surface area (Å²) in [6.07, 6.45) is 1.62. The van der Waals surface area contributed by atoms with Crippen molar-refractivity contribution in [3.05, 3.63) is 34.3 Å². The van der Waals surface area contributed by atoms with E-state index in [4.69, 9.17) is 18.5 Å². The second kappa shape index (κ2) is 9.14. The topological polar surface area (TPSA) is 77.4 Å². The predicted octanol–water partition coefficient (Wildman–Crippen LogP) is 4.15. The zero-order chi connectivity index (χ0) is 20.3. The van der Waals surface area contributed by atoms with Gasteiger partial charge in [-0.05, 0) is 38.3 Å². The normalized spacial score (nSPS) is 21.8. The zero-order valence-corrected chi connectivity index (χ0v) is 19.1. The fourth-order valence-corrected chi connectivity index (χ4v) is 4.25. The molecule has 1 aliphatic carbocycles. The summed E-state index contributed by atoms with van der Waals surface area (Å²) in [6, 6.07) is 0. The van der Waals surface area contributed by atoms with E-state index >= 15 is 0 Å². The molecule has 0 aromatic heterocycles. The number of allylic oxidation sites excluding steroid dienone is 2. The van der Waals surface area contributed by atoms with Crippen LogP contribution in [0.25, 0.3) is 0 Å². The molecule has 26 heavy (non-hydrogen) atoms. The SMILES string of the molecule is COC1=C(OC)C(O[P+](C)(C)O)C(CC=C(C)C)=C(C)C1O[P+](C)(C)O. The largest absolute Gasteiger partial charge is 0.494 e. The number of rotatable bonds is 8. The van der Waals surface area contributed by atoms with Crippen LogP contribution in [0.2, 0.25) is 0 Å². The molecule has 0 amide bonds. The Morgan fingerprint density at radius 3 is 1.73 bits per heavy atom. The van der Waals surface area contributed by atoms with Crippen LogP contribution in [-0.4, -0.2) is 62.9 Å². The maximum absolute atomic E-state index is 10.3. The minimum atomic E-state index is -2.55. The first-order chi connectivity index (χ1) is 11.8. The standard InChI is InChI=1S/C18H34O6P2/c1-12(2)10-11-14-13(3)15(23-25(6,7)19)17(21-4)18(22-5)16(14)24-26(8,9)20/h10,15-16,19-20H,11H2,1-9H3/q+2. The first-order valence-corrected chi connectivity index (χ1v) is 13.6. The molecule has 0 saturated heterocycles. The third-order valence-electron chi connectivity index (χ3n) is 3.83. The molecule has 0 fully saturated rings. The van der Waals surface area contributed by atoms with Crippen molar-refractivity contribution in [3.63, 3.8) is 0 Å². The van der Waals surface area contributed by atoms with E-state index in [1.807, 2.05) is 20.8 Å². The van der Waals surface area contributed by atoms with Gasteiger partial charge in [-0.2, -0.15) is 9.05 Å². The molecule has 150 valence electrons. The van der Waals surface area contributed by atoms with E-state index in [-0.39, 0.29) is 0 Å². The van der Waals surface area contributed by atoms with Gasteiger partial charge < -0.3 is 9.47 Å². The van der Waals surface area contributed by atoms with Gasteiger partial charge in [-0.3, -0.25) is 0 Å². The number of hydrogen-bond acceptors (Lipinski definition) is 6. The molecule has 0 heterocycles. The summed E-state index contributed by atoms with van der Waals surface area (Å²) < 4.78 is 23.2. The fraction of sp³-hybridized carbons (Fsp3) is 0.667. The fourth-order valence-electron chi connectivity index (χ4n) is 2.74. The lowest BCUT2D eigenvalue weighted by Crippen LogP contribution is -2.34. The Morgan fingerprint density at radius 1 is 0.923 bits per heavy atom. The summed E-state index contributed by atoms with van der Waals surface area (Å²) in [4.78, 5) is 20.6. The van der Waals surface area contributed by atoms with Crippen LogP contribution >= 0.6 is 15.4 Å². The van der Waals surface area contributed by atoms with E-state index in [0.29, 0.717) is 17.9 Å². The highest BCUT2D eigenvalue weighted by Crippen LogP contribution is 2.55. The van der Waals surface area contributed by atoms with Crippen molar-refractivity contribution in [1.82, 2.24) is 0 Å². The van der Waals surface area contributed by atoms with Crippen LogP contribution in [0.3, 0.4) is 0 Å². The van der Waals surface area contributed by atoms with Crippen molar-refractivity contribution in [1.29, 1.82) is 0 Å². The molecule has 2 unspecified atom stereocenters. The van der Waals surface area contributed by atoms with Gasteiger partial charge in [0, 0.05) is 0 Å². The number of ether oxygens (including phenoxy) is 2. The van der Waals surface area contributed by atoms with Gasteiger partial charge in [0.05, 0.1) is 14.2 Å². The van der Waals surface area contributed by atoms with E-state index in [9.17, 15) is 9.79 Å². The van der Waals surface area contributed by atoms with E-state index in [1.165, 1.54) is 12.7 Å². The molecule has 2 atom stereocenters. The van der Waals surface area contributed by atoms with Gasteiger partial charge >= 0.3 is 0 Å². The molecular weight excluding hydrogens is 374 g/mol. The summed E-state index contributed by atoms with van der Waals surface area (Å²) in [5, 5.41) is 0. The Morgan fingerprint density at radius 2 is 1.35 bits per heavy atom. The molecule has 6 nitrogen and oxygen atoms in total. The molecule has 0 aromatic carbocycles. The molecule has 0 bridgehead atoms. The molecule has 0 saturated carbocycles. The van der Waals surface area contributed by atoms with E-state index in [2.05, 4.69) is 6.08 Å². The molecular formula is C18H34O6P2+2. The van der Waals surface area contributed by atoms with Crippen molar-refractivity contribution in [2.75, 3.05) is 40.9 Å². The molecule has 2 N–H and O–H groups in total. The lowest BCUT2D eigenvalue weighted by molar-refractivity contribution is 0.0933. The molecule has 8 heteroatoms. The van der Waals surface area contributed by atoms with Gasteiger partial charge in [0.2, 0.25) is 0 Å². The Balaban J connectivity index is 3.53. The smallest absolute Gasteiger partial charge is 0.267 e. The molecule has 0 spiro atoms. The lowest BCUT2D eigenvalue weighted by Gasteiger charge is -2.34. The molecule has 1 aliphatic rings. The quantitative estimate of drug-likeness (QED) is 0.464. The second-order valence-electron chi connectivity index (χ2n) is 7.39. The second-order valence-corrected chi connectivity index (χ2v) is 13.0. The highest BCUT2D eigenvalue weighted by atomic mass is 31.2. The lowest BCUT2D eigenvalue weighted by atomic mass is 9.88. The van der Waals surface area contributed by atoms with Crippen LogP contribution in [0.5, 0.6) is 0 Å². The molecule has 0 aliphatic heterocycles. The van der Waals surface area contributed by atoms with Gasteiger partial charge in [0.25, 0.3) is 15.4 Å². The first kappa shape index (κ1) is 23.6. The maximum atomic E-state index is 10.3. The summed E-state index contributed by atoms with van der Waals surface area (Å²) in [5.41, 5.74) is 3.03. The minimum Gasteiger partial charge on any atom is -0.494 e. The molecule has 0 aromatic rings. The van der Waals surface area contributed by atoms with Crippen LogP contribution in [0.4, 0.5) is 0 Å². The Bertz CT molecular complexity index is 592. The average molecular weight is 408 g/mol. The third-order valence-corrected chi connectivity index (χ3v) is 5.29. The summed E-state index contributed by atoms with van der Waals surface area (Å²) in [5.74, 6) is 0.933. The predicted molar refractivity (Wildman–Crippen MR) is 110 cm³/mol. The van der Waals surface area contributed by atoms with Crippen molar-refractivity contribution >= 4 is 15.4 Å². The monoisotopic (exact) mass is 408 g/mol. The van der Waals surface area contributed by atoms with Gasteiger partial charge in [-0.15, -0.1) is 0 Å². The first-order valence-electron chi connectivity index (χ1n) is 8.46. The zero-order valence-electron chi connectivity index (χ0n) is 17.4. The summed E-state index contributed by atoms with van der Waals surface area (Å²) >= 11 is 0. The number of methoxy groups -OCH3 is 2. The molecule has 1 rings (SSSR count). The van der Waals surface area contributed by atoms with Gasteiger partial charge in [-0.1, -0.05) is 11.6 Å². The summed E-state index contributed by atoms with van der Waals surface area (Å²) in [6.45, 7) is 12.7. The van der Waals surface area contributed by atoms with Crippen molar-refractivity contribution in [3.8, 4) is 0 Å². The van der Waals surface area contributed by atoms with Crippen LogP contribution in [0.1, 0.15) is 27.2 Å². The van der Waals surface area contributed by atoms with Crippen LogP contribution in [0.15, 0.2) is 34.3 Å². The maximum Gasteiger partial charge on any atom is 0.267 e. The molecule has 0 radical (unpaired) electrons. The van der Waals surface area contributed by atoms with Crippen LogP contribution < -0.4 is 0 Å². The van der Waals surface area contributed by atoms with E-state index in [1.54, 1.807) is 33.8 Å². The Hall–Kier alpha value is -0.480. The van der Waals surface area contributed by atoms with Crippen molar-refractivity contribution < 1.29 is 28.3 Å². The minimum absolute atomic E-state index is 0.464. The van der Waals surface area contributed by atoms with Crippen LogP contribution in [0, 0.1) is 0 Å². The van der Waals surface area contributed by atoms with E-state index < -0.39 is 27.6 Å². The van der Waals surface area contributed by atoms with Gasteiger partial charge in [-0.25, -0.2) is 9.79 Å². The van der Waals surface area contributed by atoms with Crippen molar-refractivity contribution in [2.45, 2.75) is 39.4 Å². The third kappa shape index (κ3) is 6.60. The average Bonchev–Trinajstić information content (AvgIpc) is 2.46. The Labute approximate surface area is 158 Å². The number of hydrogen-bond donors (Lipinski definition) is 2.